The number of non-ortho nitro benzene ring substituents is 1. The minimum Gasteiger partial charge on any atom is -0.345 e. The van der Waals surface area contributed by atoms with E-state index >= 15 is 0 Å². The second-order valence-electron chi connectivity index (χ2n) is 4.83. The van der Waals surface area contributed by atoms with Gasteiger partial charge in [0.25, 0.3) is 11.6 Å². The molecule has 6 heteroatoms. The molecule has 0 bridgehead atoms. The summed E-state index contributed by atoms with van der Waals surface area (Å²) >= 11 is 5.95. The minimum absolute atomic E-state index is 0.0924. The monoisotopic (exact) mass is 298 g/mol. The first-order valence-corrected chi connectivity index (χ1v) is 7.06. The van der Waals surface area contributed by atoms with Crippen LogP contribution in [-0.2, 0) is 0 Å². The van der Waals surface area contributed by atoms with Crippen molar-refractivity contribution in [1.29, 1.82) is 0 Å². The van der Waals surface area contributed by atoms with Crippen molar-refractivity contribution in [3.63, 3.8) is 0 Å². The third-order valence-corrected chi connectivity index (χ3v) is 4.18. The third-order valence-electron chi connectivity index (χ3n) is 3.66. The second kappa shape index (κ2) is 6.70. The molecule has 0 aliphatic carbocycles. The average Bonchev–Trinajstić information content (AvgIpc) is 2.45. The fourth-order valence-electron chi connectivity index (χ4n) is 1.93. The van der Waals surface area contributed by atoms with Crippen molar-refractivity contribution in [2.75, 3.05) is 5.88 Å². The maximum atomic E-state index is 12.3. The molecular weight excluding hydrogens is 280 g/mol. The first kappa shape index (κ1) is 16.4. The zero-order valence-corrected chi connectivity index (χ0v) is 12.7. The van der Waals surface area contributed by atoms with Crippen LogP contribution in [0.3, 0.4) is 0 Å². The number of aryl methyl sites for hydroxylation is 1. The predicted octanol–water partition coefficient (Wildman–Crippen LogP) is 3.43. The number of hydrogen-bond donors (Lipinski definition) is 1. The number of benzene rings is 1. The first-order valence-electron chi connectivity index (χ1n) is 6.52. The summed E-state index contributed by atoms with van der Waals surface area (Å²) in [5.74, 6) is -0.0183. The number of nitro benzene ring substituents is 1. The number of hydrogen-bond acceptors (Lipinski definition) is 3. The van der Waals surface area contributed by atoms with Crippen LogP contribution in [-0.4, -0.2) is 22.2 Å². The molecular formula is C14H19ClN2O3. The van der Waals surface area contributed by atoms with Gasteiger partial charge in [0.2, 0.25) is 0 Å². The summed E-state index contributed by atoms with van der Waals surface area (Å²) in [4.78, 5) is 22.6. The Kier molecular flexibility index (Phi) is 5.51. The predicted molar refractivity (Wildman–Crippen MR) is 79.3 cm³/mol. The van der Waals surface area contributed by atoms with Gasteiger partial charge in [0.05, 0.1) is 10.5 Å². The molecule has 5 nitrogen and oxygen atoms in total. The Bertz CT molecular complexity index is 505. The molecule has 0 saturated heterocycles. The fraction of sp³-hybridized carbons (Fsp3) is 0.500. The molecule has 110 valence electrons. The molecule has 0 radical (unpaired) electrons. The van der Waals surface area contributed by atoms with Crippen molar-refractivity contribution in [2.24, 2.45) is 0 Å². The topological polar surface area (TPSA) is 72.2 Å². The summed E-state index contributed by atoms with van der Waals surface area (Å²) in [6.07, 6.45) is 1.40. The zero-order chi connectivity index (χ0) is 15.3. The van der Waals surface area contributed by atoms with E-state index in [1.54, 1.807) is 13.0 Å². The Morgan fingerprint density at radius 3 is 2.45 bits per heavy atom. The molecule has 0 spiro atoms. The number of amides is 1. The van der Waals surface area contributed by atoms with Crippen LogP contribution >= 0.6 is 11.6 Å². The number of rotatable bonds is 6. The Hall–Kier alpha value is -1.62. The quantitative estimate of drug-likeness (QED) is 0.497. The van der Waals surface area contributed by atoms with Crippen molar-refractivity contribution in [3.05, 3.63) is 39.4 Å². The maximum absolute atomic E-state index is 12.3. The average molecular weight is 299 g/mol. The van der Waals surface area contributed by atoms with E-state index in [9.17, 15) is 14.9 Å². The molecule has 1 aromatic carbocycles. The Morgan fingerprint density at radius 1 is 1.40 bits per heavy atom. The summed E-state index contributed by atoms with van der Waals surface area (Å²) in [6, 6.07) is 4.27. The lowest BCUT2D eigenvalue weighted by Crippen LogP contribution is -2.49. The molecule has 1 amide bonds. The summed E-state index contributed by atoms with van der Waals surface area (Å²) in [6.45, 7) is 5.65. The molecule has 0 aromatic heterocycles. The van der Waals surface area contributed by atoms with Crippen LogP contribution in [0.2, 0.25) is 0 Å². The van der Waals surface area contributed by atoms with Gasteiger partial charge in [0.1, 0.15) is 0 Å². The molecule has 0 heterocycles. The van der Waals surface area contributed by atoms with Gasteiger partial charge in [0, 0.05) is 23.6 Å². The lowest BCUT2D eigenvalue weighted by molar-refractivity contribution is -0.384. The molecule has 0 aliphatic heterocycles. The largest absolute Gasteiger partial charge is 0.345 e. The highest BCUT2D eigenvalue weighted by Gasteiger charge is 2.28. The van der Waals surface area contributed by atoms with E-state index < -0.39 is 10.5 Å². The molecule has 1 aromatic rings. The first-order chi connectivity index (χ1) is 9.39. The molecule has 1 N–H and O–H groups in total. The Balaban J connectivity index is 3.08. The molecule has 0 atom stereocenters. The van der Waals surface area contributed by atoms with Crippen molar-refractivity contribution in [1.82, 2.24) is 5.32 Å². The van der Waals surface area contributed by atoms with E-state index in [-0.39, 0.29) is 11.6 Å². The van der Waals surface area contributed by atoms with Crippen molar-refractivity contribution in [3.8, 4) is 0 Å². The molecule has 0 fully saturated rings. The molecule has 20 heavy (non-hydrogen) atoms. The normalized spacial score (nSPS) is 11.2. The lowest BCUT2D eigenvalue weighted by atomic mass is 9.94. The van der Waals surface area contributed by atoms with Crippen LogP contribution in [0, 0.1) is 17.0 Å². The molecule has 0 unspecified atom stereocenters. The number of nitro groups is 1. The molecule has 1 rings (SSSR count). The zero-order valence-electron chi connectivity index (χ0n) is 11.9. The Morgan fingerprint density at radius 2 is 2.00 bits per heavy atom. The smallest absolute Gasteiger partial charge is 0.270 e. The number of halogens is 1. The number of nitrogens with zero attached hydrogens (tertiary/aromatic N) is 1. The number of carbonyl (C=O) groups excluding carboxylic acids is 1. The van der Waals surface area contributed by atoms with Crippen LogP contribution in [0.4, 0.5) is 5.69 Å². The van der Waals surface area contributed by atoms with Gasteiger partial charge in [0.15, 0.2) is 0 Å². The number of alkyl halides is 1. The molecule has 0 aliphatic rings. The van der Waals surface area contributed by atoms with Gasteiger partial charge in [-0.3, -0.25) is 14.9 Å². The van der Waals surface area contributed by atoms with E-state index in [0.29, 0.717) is 29.8 Å². The standard InChI is InChI=1S/C14H19ClN2O3/c1-4-14(5-2,9-15)16-13(18)12-8-11(17(19)20)7-6-10(12)3/h6-8H,4-5,9H2,1-3H3,(H,16,18). The van der Waals surface area contributed by atoms with Crippen molar-refractivity contribution in [2.45, 2.75) is 39.2 Å². The van der Waals surface area contributed by atoms with Gasteiger partial charge in [-0.05, 0) is 25.3 Å². The van der Waals surface area contributed by atoms with Gasteiger partial charge in [-0.15, -0.1) is 11.6 Å². The van der Waals surface area contributed by atoms with Crippen LogP contribution in [0.25, 0.3) is 0 Å². The highest BCUT2D eigenvalue weighted by Crippen LogP contribution is 2.21. The van der Waals surface area contributed by atoms with Crippen LogP contribution in [0.1, 0.15) is 42.6 Å². The van der Waals surface area contributed by atoms with Gasteiger partial charge in [-0.2, -0.15) is 0 Å². The number of carbonyl (C=O) groups is 1. The SMILES string of the molecule is CCC(CC)(CCl)NC(=O)c1cc([N+](=O)[O-])ccc1C. The van der Waals surface area contributed by atoms with Gasteiger partial charge < -0.3 is 5.32 Å². The highest BCUT2D eigenvalue weighted by molar-refractivity contribution is 6.19. The van der Waals surface area contributed by atoms with Gasteiger partial charge >= 0.3 is 0 Å². The Labute approximate surface area is 123 Å². The van der Waals surface area contributed by atoms with Crippen LogP contribution < -0.4 is 5.32 Å². The summed E-state index contributed by atoms with van der Waals surface area (Å²) in [7, 11) is 0. The summed E-state index contributed by atoms with van der Waals surface area (Å²) in [5.41, 5.74) is 0.444. The third kappa shape index (κ3) is 3.48. The van der Waals surface area contributed by atoms with E-state index in [0.717, 1.165) is 0 Å². The van der Waals surface area contributed by atoms with Gasteiger partial charge in [-0.1, -0.05) is 19.9 Å². The fourth-order valence-corrected chi connectivity index (χ4v) is 2.37. The second-order valence-corrected chi connectivity index (χ2v) is 5.10. The van der Waals surface area contributed by atoms with E-state index in [1.807, 2.05) is 13.8 Å². The number of nitrogens with one attached hydrogen (secondary N) is 1. The van der Waals surface area contributed by atoms with Crippen LogP contribution in [0.5, 0.6) is 0 Å². The van der Waals surface area contributed by atoms with Gasteiger partial charge in [-0.25, -0.2) is 0 Å². The van der Waals surface area contributed by atoms with E-state index in [1.165, 1.54) is 12.1 Å². The lowest BCUT2D eigenvalue weighted by Gasteiger charge is -2.30. The molecule has 0 saturated carbocycles. The van der Waals surface area contributed by atoms with E-state index in [2.05, 4.69) is 5.32 Å². The summed E-state index contributed by atoms with van der Waals surface area (Å²) < 4.78 is 0. The van der Waals surface area contributed by atoms with Crippen molar-refractivity contribution >= 4 is 23.2 Å². The minimum atomic E-state index is -0.509. The van der Waals surface area contributed by atoms with Crippen molar-refractivity contribution < 1.29 is 9.72 Å². The maximum Gasteiger partial charge on any atom is 0.270 e. The van der Waals surface area contributed by atoms with Crippen LogP contribution in [0.15, 0.2) is 18.2 Å². The van der Waals surface area contributed by atoms with E-state index in [4.69, 9.17) is 11.6 Å². The summed E-state index contributed by atoms with van der Waals surface area (Å²) in [5, 5.41) is 13.7. The highest BCUT2D eigenvalue weighted by atomic mass is 35.5.